The number of amides is 1. The van der Waals surface area contributed by atoms with E-state index in [1.165, 1.54) is 37.7 Å². The van der Waals surface area contributed by atoms with Gasteiger partial charge in [-0.3, -0.25) is 4.79 Å². The summed E-state index contributed by atoms with van der Waals surface area (Å²) in [4.78, 5) is 14.6. The second kappa shape index (κ2) is 8.18. The van der Waals surface area contributed by atoms with Gasteiger partial charge in [-0.05, 0) is 36.6 Å². The highest BCUT2D eigenvalue weighted by atomic mass is 16.3. The molecule has 0 fully saturated rings. The van der Waals surface area contributed by atoms with Gasteiger partial charge in [0.15, 0.2) is 0 Å². The fourth-order valence-corrected chi connectivity index (χ4v) is 3.35. The topological polar surface area (TPSA) is 33.5 Å². The molecule has 3 heteroatoms. The van der Waals surface area contributed by atoms with Crippen molar-refractivity contribution < 1.29 is 9.21 Å². The molecule has 0 atom stereocenters. The van der Waals surface area contributed by atoms with Crippen LogP contribution in [0.4, 0.5) is 0 Å². The normalized spacial score (nSPS) is 13.8. The molecule has 0 radical (unpaired) electrons. The Bertz CT molecular complexity index is 657. The number of carbonyl (C=O) groups excluding carboxylic acids is 1. The lowest BCUT2D eigenvalue weighted by Crippen LogP contribution is -2.35. The summed E-state index contributed by atoms with van der Waals surface area (Å²) in [6, 6.07) is 10.2. The van der Waals surface area contributed by atoms with E-state index >= 15 is 0 Å². The molecule has 0 bridgehead atoms. The molecule has 24 heavy (non-hydrogen) atoms. The summed E-state index contributed by atoms with van der Waals surface area (Å²) in [5.41, 5.74) is 3.26. The SMILES string of the molecule is CCCCCCCc1ccc(C(=O)N2CCc3occc3C2)cc1. The summed E-state index contributed by atoms with van der Waals surface area (Å²) < 4.78 is 5.43. The number of rotatable bonds is 7. The highest BCUT2D eigenvalue weighted by Crippen LogP contribution is 2.21. The Morgan fingerprint density at radius 1 is 1.08 bits per heavy atom. The molecule has 3 nitrogen and oxygen atoms in total. The minimum Gasteiger partial charge on any atom is -0.469 e. The standard InChI is InChI=1S/C21H27NO2/c1-2-3-4-5-6-7-17-8-10-18(11-9-17)21(23)22-14-12-20-19(16-22)13-15-24-20/h8-11,13,15H,2-7,12,14,16H2,1H3. The van der Waals surface area contributed by atoms with Gasteiger partial charge >= 0.3 is 0 Å². The third-order valence-electron chi connectivity index (χ3n) is 4.86. The first kappa shape index (κ1) is 16.8. The molecule has 3 rings (SSSR count). The van der Waals surface area contributed by atoms with Crippen molar-refractivity contribution in [3.63, 3.8) is 0 Å². The first-order valence-corrected chi connectivity index (χ1v) is 9.21. The van der Waals surface area contributed by atoms with E-state index in [9.17, 15) is 4.79 Å². The second-order valence-corrected chi connectivity index (χ2v) is 6.71. The molecule has 2 heterocycles. The Morgan fingerprint density at radius 3 is 2.67 bits per heavy atom. The number of aryl methyl sites for hydroxylation is 1. The van der Waals surface area contributed by atoms with Crippen molar-refractivity contribution in [1.82, 2.24) is 4.90 Å². The smallest absolute Gasteiger partial charge is 0.254 e. The maximum atomic E-state index is 12.7. The van der Waals surface area contributed by atoms with Crippen LogP contribution < -0.4 is 0 Å². The molecule has 1 aliphatic rings. The number of carbonyl (C=O) groups is 1. The maximum Gasteiger partial charge on any atom is 0.254 e. The summed E-state index contributed by atoms with van der Waals surface area (Å²) in [5, 5.41) is 0. The van der Waals surface area contributed by atoms with Crippen LogP contribution in [0.3, 0.4) is 0 Å². The minimum absolute atomic E-state index is 0.122. The average Bonchev–Trinajstić information content (AvgIpc) is 3.09. The van der Waals surface area contributed by atoms with Gasteiger partial charge in [-0.2, -0.15) is 0 Å². The van der Waals surface area contributed by atoms with Crippen molar-refractivity contribution in [3.8, 4) is 0 Å². The van der Waals surface area contributed by atoms with Crippen LogP contribution in [0.1, 0.15) is 66.3 Å². The molecule has 0 saturated carbocycles. The Balaban J connectivity index is 1.53. The molecule has 0 N–H and O–H groups in total. The van der Waals surface area contributed by atoms with Crippen molar-refractivity contribution in [3.05, 3.63) is 59.0 Å². The van der Waals surface area contributed by atoms with Crippen LogP contribution in [0.15, 0.2) is 41.0 Å². The summed E-state index contributed by atoms with van der Waals surface area (Å²) in [6.07, 6.45) is 10.1. The number of nitrogens with zero attached hydrogens (tertiary/aromatic N) is 1. The number of fused-ring (bicyclic) bond motifs is 1. The van der Waals surface area contributed by atoms with Gasteiger partial charge in [0, 0.05) is 30.6 Å². The lowest BCUT2D eigenvalue weighted by atomic mass is 10.0. The van der Waals surface area contributed by atoms with E-state index in [1.54, 1.807) is 6.26 Å². The molecule has 0 aliphatic carbocycles. The quantitative estimate of drug-likeness (QED) is 0.672. The molecule has 2 aromatic rings. The zero-order chi connectivity index (χ0) is 16.8. The third kappa shape index (κ3) is 4.08. The summed E-state index contributed by atoms with van der Waals surface area (Å²) in [7, 11) is 0. The van der Waals surface area contributed by atoms with Crippen molar-refractivity contribution in [2.75, 3.05) is 6.54 Å². The highest BCUT2D eigenvalue weighted by molar-refractivity contribution is 5.94. The zero-order valence-corrected chi connectivity index (χ0v) is 14.6. The van der Waals surface area contributed by atoms with Gasteiger partial charge < -0.3 is 9.32 Å². The van der Waals surface area contributed by atoms with Crippen LogP contribution >= 0.6 is 0 Å². The third-order valence-corrected chi connectivity index (χ3v) is 4.86. The van der Waals surface area contributed by atoms with Gasteiger partial charge in [-0.1, -0.05) is 44.7 Å². The Hall–Kier alpha value is -2.03. The minimum atomic E-state index is 0.122. The number of unbranched alkanes of at least 4 members (excludes halogenated alkanes) is 4. The Kier molecular flexibility index (Phi) is 5.73. The van der Waals surface area contributed by atoms with Gasteiger partial charge in [0.1, 0.15) is 5.76 Å². The molecule has 1 amide bonds. The number of benzene rings is 1. The average molecular weight is 325 g/mol. The highest BCUT2D eigenvalue weighted by Gasteiger charge is 2.23. The van der Waals surface area contributed by atoms with Crippen LogP contribution in [0.2, 0.25) is 0 Å². The summed E-state index contributed by atoms with van der Waals surface area (Å²) >= 11 is 0. The number of hydrogen-bond acceptors (Lipinski definition) is 2. The van der Waals surface area contributed by atoms with E-state index in [0.29, 0.717) is 6.54 Å². The summed E-state index contributed by atoms with van der Waals surface area (Å²) in [6.45, 7) is 3.63. The zero-order valence-electron chi connectivity index (χ0n) is 14.6. The fraction of sp³-hybridized carbons (Fsp3) is 0.476. The van der Waals surface area contributed by atoms with Crippen molar-refractivity contribution in [2.24, 2.45) is 0 Å². The van der Waals surface area contributed by atoms with E-state index in [2.05, 4.69) is 19.1 Å². The van der Waals surface area contributed by atoms with Gasteiger partial charge in [0.05, 0.1) is 6.26 Å². The maximum absolute atomic E-state index is 12.7. The van der Waals surface area contributed by atoms with Crippen molar-refractivity contribution >= 4 is 5.91 Å². The van der Waals surface area contributed by atoms with Crippen LogP contribution in [-0.4, -0.2) is 17.4 Å². The predicted octanol–water partition coefficient (Wildman–Crippen LogP) is 4.99. The van der Waals surface area contributed by atoms with E-state index in [1.807, 2.05) is 23.1 Å². The van der Waals surface area contributed by atoms with Crippen LogP contribution in [0, 0.1) is 0 Å². The first-order valence-electron chi connectivity index (χ1n) is 9.21. The monoisotopic (exact) mass is 325 g/mol. The molecular weight excluding hydrogens is 298 g/mol. The fourth-order valence-electron chi connectivity index (χ4n) is 3.35. The van der Waals surface area contributed by atoms with E-state index in [0.717, 1.165) is 36.3 Å². The predicted molar refractivity (Wildman–Crippen MR) is 96.1 cm³/mol. The Morgan fingerprint density at radius 2 is 1.88 bits per heavy atom. The molecule has 1 aromatic heterocycles. The second-order valence-electron chi connectivity index (χ2n) is 6.71. The molecule has 0 spiro atoms. The van der Waals surface area contributed by atoms with E-state index < -0.39 is 0 Å². The van der Waals surface area contributed by atoms with Crippen LogP contribution in [0.25, 0.3) is 0 Å². The summed E-state index contributed by atoms with van der Waals surface area (Å²) in [5.74, 6) is 1.15. The first-order chi connectivity index (χ1) is 11.8. The molecule has 128 valence electrons. The largest absolute Gasteiger partial charge is 0.469 e. The van der Waals surface area contributed by atoms with E-state index in [4.69, 9.17) is 4.42 Å². The lowest BCUT2D eigenvalue weighted by molar-refractivity contribution is 0.0730. The number of hydrogen-bond donors (Lipinski definition) is 0. The molecule has 1 aromatic carbocycles. The number of furan rings is 1. The van der Waals surface area contributed by atoms with Crippen molar-refractivity contribution in [1.29, 1.82) is 0 Å². The van der Waals surface area contributed by atoms with Gasteiger partial charge in [-0.25, -0.2) is 0 Å². The Labute approximate surface area is 144 Å². The lowest BCUT2D eigenvalue weighted by Gasteiger charge is -2.26. The van der Waals surface area contributed by atoms with E-state index in [-0.39, 0.29) is 5.91 Å². The van der Waals surface area contributed by atoms with Crippen molar-refractivity contribution in [2.45, 2.75) is 58.4 Å². The van der Waals surface area contributed by atoms with Crippen LogP contribution in [0.5, 0.6) is 0 Å². The van der Waals surface area contributed by atoms with Gasteiger partial charge in [-0.15, -0.1) is 0 Å². The molecule has 0 saturated heterocycles. The van der Waals surface area contributed by atoms with Gasteiger partial charge in [0.2, 0.25) is 0 Å². The molecular formula is C21H27NO2. The molecule has 1 aliphatic heterocycles. The van der Waals surface area contributed by atoms with Crippen LogP contribution in [-0.2, 0) is 19.4 Å². The molecule has 0 unspecified atom stereocenters. The van der Waals surface area contributed by atoms with Gasteiger partial charge in [0.25, 0.3) is 5.91 Å².